The second-order valence-corrected chi connectivity index (χ2v) is 7.47. The van der Waals surface area contributed by atoms with E-state index in [0.717, 1.165) is 25.4 Å². The molecule has 26 heavy (non-hydrogen) atoms. The first-order valence-electron chi connectivity index (χ1n) is 10.9. The Morgan fingerprint density at radius 1 is 1.04 bits per heavy atom. The fraction of sp³-hybridized carbons (Fsp3) is 0.952. The molecule has 0 aromatic carbocycles. The van der Waals surface area contributed by atoms with Gasteiger partial charge in [0.2, 0.25) is 5.91 Å². The summed E-state index contributed by atoms with van der Waals surface area (Å²) in [6, 6.07) is 0.608. The first-order valence-corrected chi connectivity index (χ1v) is 10.9. The smallest absolute Gasteiger partial charge is 0.222 e. The molecule has 1 aliphatic carbocycles. The second kappa shape index (κ2) is 16.5. The van der Waals surface area contributed by atoms with Crippen LogP contribution in [0.15, 0.2) is 0 Å². The lowest BCUT2D eigenvalue weighted by molar-refractivity contribution is -0.122. The van der Waals surface area contributed by atoms with E-state index >= 15 is 0 Å². The minimum Gasteiger partial charge on any atom is -0.379 e. The quantitative estimate of drug-likeness (QED) is 0.384. The zero-order chi connectivity index (χ0) is 18.9. The van der Waals surface area contributed by atoms with Gasteiger partial charge in [-0.3, -0.25) is 4.79 Å². The lowest BCUT2D eigenvalue weighted by atomic mass is 10.0. The van der Waals surface area contributed by atoms with Crippen molar-refractivity contribution in [2.24, 2.45) is 5.92 Å². The van der Waals surface area contributed by atoms with Crippen LogP contribution < -0.4 is 10.6 Å². The van der Waals surface area contributed by atoms with Gasteiger partial charge in [-0.05, 0) is 31.6 Å². The zero-order valence-corrected chi connectivity index (χ0v) is 17.2. The van der Waals surface area contributed by atoms with Gasteiger partial charge in [-0.25, -0.2) is 0 Å². The van der Waals surface area contributed by atoms with Crippen molar-refractivity contribution >= 4 is 5.91 Å². The number of carbonyl (C=O) groups excluding carboxylic acids is 1. The molecule has 0 saturated heterocycles. The monoisotopic (exact) mass is 370 g/mol. The van der Waals surface area contributed by atoms with Crippen molar-refractivity contribution in [1.29, 1.82) is 0 Å². The molecular weight excluding hydrogens is 328 g/mol. The Hall–Kier alpha value is -0.650. The summed E-state index contributed by atoms with van der Waals surface area (Å²) < 4.78 is 11.0. The van der Waals surface area contributed by atoms with E-state index in [1.54, 1.807) is 0 Å². The molecule has 154 valence electrons. The van der Waals surface area contributed by atoms with Crippen molar-refractivity contribution in [3.05, 3.63) is 0 Å². The predicted octanol–water partition coefficient (Wildman–Crippen LogP) is 3.66. The molecule has 0 radical (unpaired) electrons. The molecule has 0 spiro atoms. The van der Waals surface area contributed by atoms with E-state index in [2.05, 4.69) is 24.5 Å². The van der Waals surface area contributed by atoms with Crippen molar-refractivity contribution in [3.63, 3.8) is 0 Å². The topological polar surface area (TPSA) is 59.6 Å². The molecule has 1 saturated carbocycles. The van der Waals surface area contributed by atoms with Crippen LogP contribution in [-0.2, 0) is 14.3 Å². The molecule has 2 N–H and O–H groups in total. The van der Waals surface area contributed by atoms with Gasteiger partial charge < -0.3 is 20.1 Å². The molecule has 0 unspecified atom stereocenters. The summed E-state index contributed by atoms with van der Waals surface area (Å²) in [6.45, 7) is 8.47. The molecule has 5 nitrogen and oxygen atoms in total. The maximum Gasteiger partial charge on any atom is 0.222 e. The van der Waals surface area contributed by atoms with Crippen LogP contribution in [0.1, 0.15) is 78.1 Å². The molecular formula is C21H42N2O3. The average molecular weight is 371 g/mol. The molecule has 0 bridgehead atoms. The molecule has 5 heteroatoms. The Labute approximate surface area is 161 Å². The summed E-state index contributed by atoms with van der Waals surface area (Å²) >= 11 is 0. The highest BCUT2D eigenvalue weighted by atomic mass is 16.5. The van der Waals surface area contributed by atoms with Crippen molar-refractivity contribution in [2.45, 2.75) is 84.1 Å². The zero-order valence-electron chi connectivity index (χ0n) is 17.2. The van der Waals surface area contributed by atoms with E-state index < -0.39 is 0 Å². The van der Waals surface area contributed by atoms with Gasteiger partial charge in [0.05, 0.1) is 26.4 Å². The first-order chi connectivity index (χ1) is 12.8. The normalized spacial score (nSPS) is 16.1. The summed E-state index contributed by atoms with van der Waals surface area (Å²) in [5, 5.41) is 6.50. The summed E-state index contributed by atoms with van der Waals surface area (Å²) in [5.41, 5.74) is 0. The van der Waals surface area contributed by atoms with Crippen molar-refractivity contribution in [2.75, 3.05) is 39.5 Å². The van der Waals surface area contributed by atoms with Crippen LogP contribution in [0.25, 0.3) is 0 Å². The van der Waals surface area contributed by atoms with Gasteiger partial charge in [0.25, 0.3) is 0 Å². The molecule has 0 aliphatic heterocycles. The molecule has 1 atom stereocenters. The third-order valence-electron chi connectivity index (χ3n) is 5.24. The van der Waals surface area contributed by atoms with Gasteiger partial charge in [0.1, 0.15) is 0 Å². The van der Waals surface area contributed by atoms with Gasteiger partial charge >= 0.3 is 0 Å². The van der Waals surface area contributed by atoms with E-state index in [-0.39, 0.29) is 5.91 Å². The highest BCUT2D eigenvalue weighted by molar-refractivity contribution is 5.75. The second-order valence-electron chi connectivity index (χ2n) is 7.47. The molecule has 1 fully saturated rings. The van der Waals surface area contributed by atoms with E-state index in [1.165, 1.54) is 51.4 Å². The number of hydrogen-bond donors (Lipinski definition) is 2. The minimum atomic E-state index is 0.100. The van der Waals surface area contributed by atoms with Crippen molar-refractivity contribution in [3.8, 4) is 0 Å². The van der Waals surface area contributed by atoms with Crippen LogP contribution >= 0.6 is 0 Å². The molecule has 1 aliphatic rings. The third-order valence-corrected chi connectivity index (χ3v) is 5.24. The maximum atomic E-state index is 11.7. The average Bonchev–Trinajstić information content (AvgIpc) is 3.16. The SMILES string of the molecule is CCC[C@H](CC)NCCOCCOCCC(=O)NCCCC1CCCC1. The molecule has 1 amide bonds. The summed E-state index contributed by atoms with van der Waals surface area (Å²) in [4.78, 5) is 11.7. The number of nitrogens with one attached hydrogen (secondary N) is 2. The third kappa shape index (κ3) is 12.7. The van der Waals surface area contributed by atoms with Crippen molar-refractivity contribution < 1.29 is 14.3 Å². The van der Waals surface area contributed by atoms with E-state index in [0.29, 0.717) is 38.9 Å². The largest absolute Gasteiger partial charge is 0.379 e. The lowest BCUT2D eigenvalue weighted by Crippen LogP contribution is -2.31. The van der Waals surface area contributed by atoms with E-state index in [9.17, 15) is 4.79 Å². The number of amides is 1. The molecule has 0 aromatic heterocycles. The number of hydrogen-bond acceptors (Lipinski definition) is 4. The number of ether oxygens (including phenoxy) is 2. The Balaban J connectivity index is 1.79. The molecule has 0 heterocycles. The lowest BCUT2D eigenvalue weighted by Gasteiger charge is -2.15. The standard InChI is InChI=1S/C21H42N2O3/c1-3-8-20(4-2)22-14-16-26-18-17-25-15-12-21(24)23-13-7-11-19-9-5-6-10-19/h19-20,22H,3-18H2,1-2H3,(H,23,24)/t20-/m0/s1. The van der Waals surface area contributed by atoms with Crippen LogP contribution in [0.3, 0.4) is 0 Å². The summed E-state index contributed by atoms with van der Waals surface area (Å²) in [6.07, 6.45) is 12.0. The highest BCUT2D eigenvalue weighted by Gasteiger charge is 2.14. The van der Waals surface area contributed by atoms with Crippen LogP contribution in [0.4, 0.5) is 0 Å². The Kier molecular flexibility index (Phi) is 14.9. The van der Waals surface area contributed by atoms with Gasteiger partial charge in [0, 0.05) is 25.6 Å². The van der Waals surface area contributed by atoms with Crippen molar-refractivity contribution in [1.82, 2.24) is 10.6 Å². The van der Waals surface area contributed by atoms with Crippen LogP contribution in [0.2, 0.25) is 0 Å². The van der Waals surface area contributed by atoms with Gasteiger partial charge in [-0.15, -0.1) is 0 Å². The maximum absolute atomic E-state index is 11.7. The molecule has 1 rings (SSSR count). The molecule has 0 aromatic rings. The highest BCUT2D eigenvalue weighted by Crippen LogP contribution is 2.28. The number of carbonyl (C=O) groups is 1. The Bertz CT molecular complexity index is 333. The Morgan fingerprint density at radius 2 is 1.77 bits per heavy atom. The Morgan fingerprint density at radius 3 is 2.46 bits per heavy atom. The van der Waals surface area contributed by atoms with Gasteiger partial charge in [-0.2, -0.15) is 0 Å². The summed E-state index contributed by atoms with van der Waals surface area (Å²) in [5.74, 6) is 1.01. The fourth-order valence-electron chi connectivity index (χ4n) is 3.63. The van der Waals surface area contributed by atoms with Gasteiger partial charge in [0.15, 0.2) is 0 Å². The van der Waals surface area contributed by atoms with Gasteiger partial charge in [-0.1, -0.05) is 46.0 Å². The first kappa shape index (κ1) is 23.4. The minimum absolute atomic E-state index is 0.100. The fourth-order valence-corrected chi connectivity index (χ4v) is 3.63. The van der Waals surface area contributed by atoms with Crippen LogP contribution in [0.5, 0.6) is 0 Å². The van der Waals surface area contributed by atoms with Crippen LogP contribution in [0, 0.1) is 5.92 Å². The van der Waals surface area contributed by atoms with E-state index in [4.69, 9.17) is 9.47 Å². The van der Waals surface area contributed by atoms with E-state index in [1.807, 2.05) is 0 Å². The summed E-state index contributed by atoms with van der Waals surface area (Å²) in [7, 11) is 0. The van der Waals surface area contributed by atoms with Crippen LogP contribution in [-0.4, -0.2) is 51.5 Å². The number of rotatable bonds is 17. The predicted molar refractivity (Wildman–Crippen MR) is 107 cm³/mol.